The van der Waals surface area contributed by atoms with Crippen LogP contribution in [0.5, 0.6) is 0 Å². The fourth-order valence-electron chi connectivity index (χ4n) is 10.6. The number of allylic oxidation sites excluding steroid dienone is 24. The highest BCUT2D eigenvalue weighted by Gasteiger charge is 2.30. The van der Waals surface area contributed by atoms with E-state index < -0.39 is 97.5 Å². The van der Waals surface area contributed by atoms with E-state index in [0.717, 1.165) is 167 Å². The van der Waals surface area contributed by atoms with Gasteiger partial charge in [-0.2, -0.15) is 0 Å². The van der Waals surface area contributed by atoms with Crippen LogP contribution in [-0.2, 0) is 65.4 Å². The van der Waals surface area contributed by atoms with Crippen molar-refractivity contribution in [3.8, 4) is 0 Å². The zero-order valence-corrected chi connectivity index (χ0v) is 68.1. The Labute approximate surface area is 643 Å². The zero-order valence-electron chi connectivity index (χ0n) is 66.3. The van der Waals surface area contributed by atoms with Crippen LogP contribution in [0.3, 0.4) is 0 Å². The van der Waals surface area contributed by atoms with E-state index in [2.05, 4.69) is 155 Å². The third-order valence-corrected chi connectivity index (χ3v) is 18.7. The average Bonchev–Trinajstić information content (AvgIpc) is 0.901. The summed E-state index contributed by atoms with van der Waals surface area (Å²) < 4.78 is 68.6. The molecule has 3 N–H and O–H groups in total. The maximum atomic E-state index is 13.1. The predicted octanol–water partition coefficient (Wildman–Crippen LogP) is 24.2. The fourth-order valence-corrected chi connectivity index (χ4v) is 12.2. The van der Waals surface area contributed by atoms with Crippen molar-refractivity contribution in [2.75, 3.05) is 39.6 Å². The highest BCUT2D eigenvalue weighted by molar-refractivity contribution is 7.47. The molecule has 0 radical (unpaired) electrons. The minimum Gasteiger partial charge on any atom is -0.462 e. The Morgan fingerprint density at radius 1 is 0.274 bits per heavy atom. The number of aliphatic hydroxyl groups is 1. The van der Waals surface area contributed by atoms with Gasteiger partial charge >= 0.3 is 39.5 Å². The summed E-state index contributed by atoms with van der Waals surface area (Å²) in [5, 5.41) is 10.7. The third-order valence-electron chi connectivity index (χ3n) is 16.8. The van der Waals surface area contributed by atoms with Crippen molar-refractivity contribution in [1.82, 2.24) is 0 Å². The van der Waals surface area contributed by atoms with Crippen molar-refractivity contribution < 1.29 is 80.2 Å². The standard InChI is InChI=1S/C87H146O17P2/c1-5-9-13-17-21-25-29-33-36-38-40-42-45-48-51-55-59-63-67-71-84(89)97-77-82(103-86(91)73-69-65-61-57-53-47-32-28-24-20-16-12-8-4)79-101-105(93,94)99-75-81(88)76-100-106(95,96)102-80-83(104-87(92)74-70-66-62-58-54-50-44-35-31-27-23-19-15-11-7-3)78-98-85(90)72-68-64-60-56-52-49-46-43-41-39-37-34-30-26-22-18-14-10-6-2/h9-10,13-14,21-23,25-27,33-37,40-44,48,51,59,63,81-83,88H,5-8,11-12,15-20,24,28-32,38-39,45-47,49-50,52-58,60-62,64-80H2,1-4H3,(H,93,94)(H,95,96)/b13-9-,14-10-,25-21-,26-22-,27-23-,36-33-,37-34-,42-40-,43-41-,44-35-,51-48-,63-59-. The Bertz CT molecular complexity index is 2580. The van der Waals surface area contributed by atoms with E-state index in [1.165, 1.54) is 70.6 Å². The molecular weight excluding hydrogens is 1380 g/mol. The van der Waals surface area contributed by atoms with Crippen LogP contribution in [0.4, 0.5) is 0 Å². The Morgan fingerprint density at radius 2 is 0.509 bits per heavy atom. The summed E-state index contributed by atoms with van der Waals surface area (Å²) in [7, 11) is -9.99. The molecule has 0 spiro atoms. The fraction of sp³-hybridized carbons (Fsp3) is 0.678. The van der Waals surface area contributed by atoms with Crippen LogP contribution in [0.1, 0.15) is 323 Å². The number of rotatable bonds is 76. The van der Waals surface area contributed by atoms with Crippen LogP contribution < -0.4 is 0 Å². The van der Waals surface area contributed by atoms with Crippen LogP contribution in [0.15, 0.2) is 146 Å². The van der Waals surface area contributed by atoms with Gasteiger partial charge in [-0.25, -0.2) is 9.13 Å². The lowest BCUT2D eigenvalue weighted by molar-refractivity contribution is -0.161. The lowest BCUT2D eigenvalue weighted by atomic mass is 10.0. The number of carbonyl (C=O) groups excluding carboxylic acids is 4. The van der Waals surface area contributed by atoms with Crippen LogP contribution in [0, 0.1) is 0 Å². The van der Waals surface area contributed by atoms with Gasteiger partial charge in [0.2, 0.25) is 0 Å². The second kappa shape index (κ2) is 78.1. The average molecular weight is 1530 g/mol. The maximum absolute atomic E-state index is 13.1. The highest BCUT2D eigenvalue weighted by Crippen LogP contribution is 2.45. The van der Waals surface area contributed by atoms with E-state index in [0.29, 0.717) is 32.1 Å². The summed E-state index contributed by atoms with van der Waals surface area (Å²) >= 11 is 0. The first kappa shape index (κ1) is 101. The molecule has 5 atom stereocenters. The van der Waals surface area contributed by atoms with Gasteiger partial charge in [-0.3, -0.25) is 37.3 Å². The molecule has 606 valence electrons. The topological polar surface area (TPSA) is 237 Å². The largest absolute Gasteiger partial charge is 0.472 e. The number of ether oxygens (including phenoxy) is 4. The van der Waals surface area contributed by atoms with Crippen molar-refractivity contribution in [3.63, 3.8) is 0 Å². The van der Waals surface area contributed by atoms with Gasteiger partial charge in [0.1, 0.15) is 19.3 Å². The molecule has 17 nitrogen and oxygen atoms in total. The lowest BCUT2D eigenvalue weighted by Gasteiger charge is -2.21. The summed E-state index contributed by atoms with van der Waals surface area (Å²) in [6.45, 7) is 4.52. The number of phosphoric ester groups is 2. The summed E-state index contributed by atoms with van der Waals surface area (Å²) in [5.41, 5.74) is 0. The Kier molecular flexibility index (Phi) is 74.3. The highest BCUT2D eigenvalue weighted by atomic mass is 31.2. The molecule has 0 aliphatic heterocycles. The summed E-state index contributed by atoms with van der Waals surface area (Å²) in [6.07, 6.45) is 89.7. The number of aliphatic hydroxyl groups excluding tert-OH is 1. The van der Waals surface area contributed by atoms with Crippen molar-refractivity contribution in [2.24, 2.45) is 0 Å². The Balaban J connectivity index is 5.43. The van der Waals surface area contributed by atoms with E-state index in [-0.39, 0.29) is 25.7 Å². The van der Waals surface area contributed by atoms with Gasteiger partial charge in [-0.05, 0) is 135 Å². The smallest absolute Gasteiger partial charge is 0.462 e. The molecule has 19 heteroatoms. The molecule has 0 aromatic heterocycles. The number of unbranched alkanes of at least 4 members (excludes halogenated alkanes) is 26. The maximum Gasteiger partial charge on any atom is 0.472 e. The molecule has 0 aromatic carbocycles. The summed E-state index contributed by atoms with van der Waals surface area (Å²) in [6, 6.07) is 0. The predicted molar refractivity (Wildman–Crippen MR) is 436 cm³/mol. The normalized spacial score (nSPS) is 14.6. The van der Waals surface area contributed by atoms with Gasteiger partial charge in [-0.15, -0.1) is 0 Å². The number of carbonyl (C=O) groups is 4. The first-order valence-corrected chi connectivity index (χ1v) is 44.1. The van der Waals surface area contributed by atoms with E-state index in [1.54, 1.807) is 0 Å². The van der Waals surface area contributed by atoms with E-state index >= 15 is 0 Å². The minimum absolute atomic E-state index is 0.0345. The number of hydrogen-bond donors (Lipinski definition) is 3. The molecular formula is C87H146O17P2. The molecule has 0 fully saturated rings. The molecule has 5 unspecified atom stereocenters. The first-order chi connectivity index (χ1) is 51.7. The zero-order chi connectivity index (χ0) is 77.4. The lowest BCUT2D eigenvalue weighted by Crippen LogP contribution is -2.30. The summed E-state index contributed by atoms with van der Waals surface area (Å²) in [5.74, 6) is -2.30. The number of phosphoric acid groups is 2. The van der Waals surface area contributed by atoms with Crippen molar-refractivity contribution in [2.45, 2.75) is 341 Å². The van der Waals surface area contributed by atoms with E-state index in [9.17, 15) is 43.2 Å². The monoisotopic (exact) mass is 1530 g/mol. The molecule has 106 heavy (non-hydrogen) atoms. The van der Waals surface area contributed by atoms with Crippen molar-refractivity contribution >= 4 is 39.5 Å². The van der Waals surface area contributed by atoms with Gasteiger partial charge in [0.05, 0.1) is 26.4 Å². The van der Waals surface area contributed by atoms with Crippen LogP contribution >= 0.6 is 15.6 Å². The molecule has 0 bridgehead atoms. The molecule has 0 aliphatic carbocycles. The van der Waals surface area contributed by atoms with Gasteiger partial charge in [0, 0.05) is 25.7 Å². The quantitative estimate of drug-likeness (QED) is 0.0169. The second-order valence-corrected chi connectivity index (χ2v) is 29.9. The third kappa shape index (κ3) is 77.1. The first-order valence-electron chi connectivity index (χ1n) is 41.1. The van der Waals surface area contributed by atoms with Crippen LogP contribution in [-0.4, -0.2) is 96.7 Å². The second-order valence-electron chi connectivity index (χ2n) is 27.0. The molecule has 0 aromatic rings. The Hall–Kier alpha value is -5.06. The van der Waals surface area contributed by atoms with Crippen molar-refractivity contribution in [3.05, 3.63) is 146 Å². The molecule has 0 heterocycles. The molecule has 0 aliphatic rings. The SMILES string of the molecule is CC/C=C\C/C=C\C/C=C\C/C=C\C/C=C\C/C=C\CCC(=O)OCC(COP(=O)(O)OCC(O)COP(=O)(O)OCC(COC(=O)CCCCCCCC/C=C\C/C=C\C/C=C\C/C=C\CC)OC(=O)CCCCCCC/C=C\C/C=C\CCCCC)OC(=O)CCCCCCCCCCCCCCC. The number of hydrogen-bond acceptors (Lipinski definition) is 15. The van der Waals surface area contributed by atoms with Crippen LogP contribution in [0.25, 0.3) is 0 Å². The van der Waals surface area contributed by atoms with Gasteiger partial charge in [0.15, 0.2) is 12.2 Å². The summed E-state index contributed by atoms with van der Waals surface area (Å²) in [4.78, 5) is 73.1. The van der Waals surface area contributed by atoms with E-state index in [1.807, 2.05) is 18.2 Å². The molecule has 0 saturated heterocycles. The van der Waals surface area contributed by atoms with Gasteiger partial charge in [-0.1, -0.05) is 308 Å². The van der Waals surface area contributed by atoms with Crippen LogP contribution in [0.2, 0.25) is 0 Å². The van der Waals surface area contributed by atoms with Gasteiger partial charge < -0.3 is 33.8 Å². The molecule has 0 amide bonds. The minimum atomic E-state index is -5.00. The van der Waals surface area contributed by atoms with Crippen molar-refractivity contribution in [1.29, 1.82) is 0 Å². The molecule has 0 rings (SSSR count). The Morgan fingerprint density at radius 3 is 0.830 bits per heavy atom. The van der Waals surface area contributed by atoms with E-state index in [4.69, 9.17) is 37.0 Å². The number of esters is 4. The van der Waals surface area contributed by atoms with Gasteiger partial charge in [0.25, 0.3) is 0 Å². The molecule has 0 saturated carbocycles.